The summed E-state index contributed by atoms with van der Waals surface area (Å²) < 4.78 is 7.50. The predicted molar refractivity (Wildman–Crippen MR) is 85.1 cm³/mol. The van der Waals surface area contributed by atoms with Crippen LogP contribution in [-0.2, 0) is 6.42 Å². The fraction of sp³-hybridized carbons (Fsp3) is 0.500. The number of furan rings is 1. The number of piperidine rings is 1. The van der Waals surface area contributed by atoms with Crippen molar-refractivity contribution in [3.63, 3.8) is 0 Å². The lowest BCUT2D eigenvalue weighted by atomic mass is 9.91. The summed E-state index contributed by atoms with van der Waals surface area (Å²) in [6.07, 6.45) is 3.12. The van der Waals surface area contributed by atoms with Gasteiger partial charge in [-0.05, 0) is 53.5 Å². The molecule has 1 fully saturated rings. The Hall–Kier alpha value is -2.44. The van der Waals surface area contributed by atoms with Gasteiger partial charge in [-0.25, -0.2) is 0 Å². The molecule has 23 heavy (non-hydrogen) atoms. The van der Waals surface area contributed by atoms with Crippen LogP contribution in [0.5, 0.6) is 0 Å². The van der Waals surface area contributed by atoms with Crippen molar-refractivity contribution < 1.29 is 4.42 Å². The van der Waals surface area contributed by atoms with E-state index in [9.17, 15) is 0 Å². The van der Waals surface area contributed by atoms with Crippen LogP contribution in [-0.4, -0.2) is 31.8 Å². The van der Waals surface area contributed by atoms with Crippen LogP contribution in [0.25, 0.3) is 5.65 Å². The van der Waals surface area contributed by atoms with E-state index < -0.39 is 0 Å². The Balaban J connectivity index is 1.71. The minimum absolute atomic E-state index is 0.209. The summed E-state index contributed by atoms with van der Waals surface area (Å²) in [6, 6.07) is 8.27. The van der Waals surface area contributed by atoms with Crippen LogP contribution in [0.3, 0.4) is 0 Å². The summed E-state index contributed by atoms with van der Waals surface area (Å²) in [5.74, 6) is 3.61. The van der Waals surface area contributed by atoms with Crippen molar-refractivity contribution in [3.8, 4) is 0 Å². The van der Waals surface area contributed by atoms with Gasteiger partial charge in [0.25, 0.3) is 0 Å². The van der Waals surface area contributed by atoms with Gasteiger partial charge >= 0.3 is 0 Å². The summed E-state index contributed by atoms with van der Waals surface area (Å²) in [4.78, 5) is 2.30. The molecule has 4 heterocycles. The third-order valence-electron chi connectivity index (χ3n) is 4.57. The molecule has 0 amide bonds. The van der Waals surface area contributed by atoms with Gasteiger partial charge in [0.05, 0.1) is 6.04 Å². The van der Waals surface area contributed by atoms with E-state index >= 15 is 0 Å². The molecule has 2 atom stereocenters. The van der Waals surface area contributed by atoms with Crippen molar-refractivity contribution in [2.24, 2.45) is 5.92 Å². The molecule has 3 aromatic rings. The van der Waals surface area contributed by atoms with Crippen molar-refractivity contribution >= 4 is 11.5 Å². The molecule has 4 rings (SSSR count). The molecule has 2 unspecified atom stereocenters. The van der Waals surface area contributed by atoms with Crippen LogP contribution in [0.2, 0.25) is 0 Å². The summed E-state index contributed by atoms with van der Waals surface area (Å²) in [7, 11) is 0. The number of rotatable bonds is 3. The lowest BCUT2D eigenvalue weighted by molar-refractivity contribution is 0.320. The number of nitrogens with zero attached hydrogens (tertiary/aromatic N) is 6. The lowest BCUT2D eigenvalue weighted by Crippen LogP contribution is -2.37. The van der Waals surface area contributed by atoms with Crippen LogP contribution in [0.1, 0.15) is 44.3 Å². The number of tetrazole rings is 1. The molecular weight excluding hydrogens is 292 g/mol. The lowest BCUT2D eigenvalue weighted by Gasteiger charge is -2.38. The van der Waals surface area contributed by atoms with Crippen LogP contribution >= 0.6 is 0 Å². The Morgan fingerprint density at radius 3 is 3.00 bits per heavy atom. The average molecular weight is 312 g/mol. The first kappa shape index (κ1) is 14.2. The molecule has 0 N–H and O–H groups in total. The molecule has 0 radical (unpaired) electrons. The van der Waals surface area contributed by atoms with Gasteiger partial charge in [-0.3, -0.25) is 0 Å². The molecule has 1 saturated heterocycles. The maximum atomic E-state index is 6.03. The van der Waals surface area contributed by atoms with E-state index in [0.29, 0.717) is 11.6 Å². The second-order valence-electron chi connectivity index (χ2n) is 6.21. The van der Waals surface area contributed by atoms with Crippen molar-refractivity contribution in [1.82, 2.24) is 25.3 Å². The monoisotopic (exact) mass is 312 g/mol. The standard InChI is InChI=1S/C16H20N6O/c1-3-12-4-5-14(23-12)13-10-11(2)8-9-21(13)16-7-6-15-17-19-20-22(15)18-16/h4-7,11,13H,3,8-10H2,1-2H3. The van der Waals surface area contributed by atoms with Gasteiger partial charge in [0.2, 0.25) is 0 Å². The Morgan fingerprint density at radius 2 is 2.17 bits per heavy atom. The van der Waals surface area contributed by atoms with E-state index in [1.165, 1.54) is 4.63 Å². The van der Waals surface area contributed by atoms with Crippen molar-refractivity contribution in [2.45, 2.75) is 39.2 Å². The smallest absolute Gasteiger partial charge is 0.200 e. The molecule has 1 aliphatic rings. The maximum absolute atomic E-state index is 6.03. The molecule has 0 aromatic carbocycles. The highest BCUT2D eigenvalue weighted by atomic mass is 16.3. The number of hydrogen-bond donors (Lipinski definition) is 0. The molecular formula is C16H20N6O. The quantitative estimate of drug-likeness (QED) is 0.740. The number of aryl methyl sites for hydroxylation is 1. The zero-order valence-electron chi connectivity index (χ0n) is 13.4. The first-order valence-electron chi connectivity index (χ1n) is 8.15. The van der Waals surface area contributed by atoms with Crippen molar-refractivity contribution in [1.29, 1.82) is 0 Å². The first-order valence-corrected chi connectivity index (χ1v) is 8.15. The molecule has 0 saturated carbocycles. The van der Waals surface area contributed by atoms with Crippen molar-refractivity contribution in [3.05, 3.63) is 35.8 Å². The van der Waals surface area contributed by atoms with Crippen LogP contribution in [0.4, 0.5) is 5.82 Å². The van der Waals surface area contributed by atoms with E-state index in [4.69, 9.17) is 4.42 Å². The molecule has 0 aliphatic carbocycles. The topological polar surface area (TPSA) is 72.4 Å². The first-order chi connectivity index (χ1) is 11.2. The SMILES string of the molecule is CCc1ccc(C2CC(C)CCN2c2ccc3nnnn3n2)o1. The normalized spacial score (nSPS) is 21.9. The number of anilines is 1. The van der Waals surface area contributed by atoms with Crippen LogP contribution in [0, 0.1) is 5.92 Å². The average Bonchev–Trinajstić information content (AvgIpc) is 3.23. The zero-order chi connectivity index (χ0) is 15.8. The fourth-order valence-corrected chi connectivity index (χ4v) is 3.24. The summed E-state index contributed by atoms with van der Waals surface area (Å²) in [5, 5.41) is 16.0. The highest BCUT2D eigenvalue weighted by Gasteiger charge is 2.31. The van der Waals surface area contributed by atoms with Crippen molar-refractivity contribution in [2.75, 3.05) is 11.4 Å². The third kappa shape index (κ3) is 2.56. The molecule has 0 bridgehead atoms. The van der Waals surface area contributed by atoms with E-state index in [-0.39, 0.29) is 6.04 Å². The number of fused-ring (bicyclic) bond motifs is 1. The Labute approximate surface area is 134 Å². The molecule has 7 heteroatoms. The minimum Gasteiger partial charge on any atom is -0.464 e. The van der Waals surface area contributed by atoms with Crippen LogP contribution < -0.4 is 4.90 Å². The fourth-order valence-electron chi connectivity index (χ4n) is 3.24. The number of hydrogen-bond acceptors (Lipinski definition) is 6. The van der Waals surface area contributed by atoms with Gasteiger partial charge in [0, 0.05) is 13.0 Å². The number of aromatic nitrogens is 5. The molecule has 7 nitrogen and oxygen atoms in total. The van der Waals surface area contributed by atoms with Gasteiger partial charge in [-0.15, -0.1) is 14.8 Å². The predicted octanol–water partition coefficient (Wildman–Crippen LogP) is 2.65. The Bertz CT molecular complexity index is 810. The van der Waals surface area contributed by atoms with E-state index in [1.807, 2.05) is 12.1 Å². The largest absolute Gasteiger partial charge is 0.464 e. The van der Waals surface area contributed by atoms with Gasteiger partial charge in [0.15, 0.2) is 11.5 Å². The van der Waals surface area contributed by atoms with E-state index in [2.05, 4.69) is 51.5 Å². The van der Waals surface area contributed by atoms with Gasteiger partial charge < -0.3 is 9.32 Å². The van der Waals surface area contributed by atoms with E-state index in [0.717, 1.165) is 43.1 Å². The van der Waals surface area contributed by atoms with Gasteiger partial charge in [0.1, 0.15) is 11.5 Å². The molecule has 1 aliphatic heterocycles. The highest BCUT2D eigenvalue weighted by molar-refractivity contribution is 5.46. The summed E-state index contributed by atoms with van der Waals surface area (Å²) >= 11 is 0. The summed E-state index contributed by atoms with van der Waals surface area (Å²) in [6.45, 7) is 5.36. The second-order valence-corrected chi connectivity index (χ2v) is 6.21. The van der Waals surface area contributed by atoms with E-state index in [1.54, 1.807) is 0 Å². The third-order valence-corrected chi connectivity index (χ3v) is 4.57. The van der Waals surface area contributed by atoms with Gasteiger partial charge in [-0.2, -0.15) is 0 Å². The minimum atomic E-state index is 0.209. The van der Waals surface area contributed by atoms with Gasteiger partial charge in [-0.1, -0.05) is 13.8 Å². The molecule has 120 valence electrons. The second kappa shape index (κ2) is 5.64. The zero-order valence-corrected chi connectivity index (χ0v) is 13.4. The Kier molecular flexibility index (Phi) is 3.48. The summed E-state index contributed by atoms with van der Waals surface area (Å²) in [5.41, 5.74) is 0.655. The molecule has 0 spiro atoms. The maximum Gasteiger partial charge on any atom is 0.200 e. The molecule has 3 aromatic heterocycles. The van der Waals surface area contributed by atoms with Crippen LogP contribution in [0.15, 0.2) is 28.7 Å². The Morgan fingerprint density at radius 1 is 1.26 bits per heavy atom. The highest BCUT2D eigenvalue weighted by Crippen LogP contribution is 2.37.